The van der Waals surface area contributed by atoms with Crippen molar-refractivity contribution >= 4 is 16.8 Å². The molecule has 6 nitrogen and oxygen atoms in total. The zero-order valence-corrected chi connectivity index (χ0v) is 17.8. The molecule has 2 aliphatic heterocycles. The van der Waals surface area contributed by atoms with Crippen LogP contribution in [0.25, 0.3) is 10.9 Å². The maximum Gasteiger partial charge on any atom is 0.240 e. The second-order valence-corrected chi connectivity index (χ2v) is 8.91. The molecule has 6 heteroatoms. The van der Waals surface area contributed by atoms with E-state index in [1.165, 1.54) is 5.56 Å². The van der Waals surface area contributed by atoms with Crippen molar-refractivity contribution in [1.82, 2.24) is 19.8 Å². The number of hydrogen-bond donors (Lipinski definition) is 0. The fourth-order valence-corrected chi connectivity index (χ4v) is 4.96. The molecule has 0 saturated carbocycles. The third-order valence-corrected chi connectivity index (χ3v) is 6.59. The van der Waals surface area contributed by atoms with E-state index in [-0.39, 0.29) is 5.92 Å². The SMILES string of the molecule is COc1ncc([C@@H]2C[C@@H](C)CN(C(=O)CC3CCN(C)CC3)C2)c2cccnc12. The topological polar surface area (TPSA) is 58.6 Å². The number of fused-ring (bicyclic) bond motifs is 1. The number of aromatic nitrogens is 2. The normalized spacial score (nSPS) is 24.0. The lowest BCUT2D eigenvalue weighted by molar-refractivity contribution is -0.134. The molecule has 2 saturated heterocycles. The Morgan fingerprint density at radius 3 is 2.79 bits per heavy atom. The molecule has 2 atom stereocenters. The van der Waals surface area contributed by atoms with Crippen LogP contribution in [0.2, 0.25) is 0 Å². The van der Waals surface area contributed by atoms with Gasteiger partial charge in [-0.2, -0.15) is 0 Å². The molecule has 0 aliphatic carbocycles. The number of rotatable bonds is 4. The summed E-state index contributed by atoms with van der Waals surface area (Å²) in [5.41, 5.74) is 1.98. The summed E-state index contributed by atoms with van der Waals surface area (Å²) in [4.78, 5) is 26.6. The summed E-state index contributed by atoms with van der Waals surface area (Å²) in [6, 6.07) is 4.05. The van der Waals surface area contributed by atoms with Crippen molar-refractivity contribution in [3.63, 3.8) is 0 Å². The van der Waals surface area contributed by atoms with Gasteiger partial charge in [0.25, 0.3) is 0 Å². The summed E-state index contributed by atoms with van der Waals surface area (Å²) in [6.45, 7) is 6.09. The molecule has 4 rings (SSSR count). The van der Waals surface area contributed by atoms with Crippen LogP contribution in [0.1, 0.15) is 44.1 Å². The Kier molecular flexibility index (Phi) is 5.99. The molecule has 0 radical (unpaired) electrons. The van der Waals surface area contributed by atoms with Gasteiger partial charge in [-0.3, -0.25) is 9.78 Å². The molecule has 0 aromatic carbocycles. The van der Waals surface area contributed by atoms with Crippen LogP contribution in [0.4, 0.5) is 0 Å². The van der Waals surface area contributed by atoms with Crippen LogP contribution in [0.15, 0.2) is 24.5 Å². The number of methoxy groups -OCH3 is 1. The van der Waals surface area contributed by atoms with Gasteiger partial charge in [-0.25, -0.2) is 4.98 Å². The number of hydrogen-bond acceptors (Lipinski definition) is 5. The van der Waals surface area contributed by atoms with Gasteiger partial charge < -0.3 is 14.5 Å². The minimum Gasteiger partial charge on any atom is -0.479 e. The predicted molar refractivity (Wildman–Crippen MR) is 114 cm³/mol. The maximum atomic E-state index is 13.1. The molecule has 0 unspecified atom stereocenters. The standard InChI is InChI=1S/C23H32N4O2/c1-16-11-18(20-13-25-23(29-3)22-19(20)5-4-8-24-22)15-27(14-16)21(28)12-17-6-9-26(2)10-7-17/h4-5,8,13,16-18H,6-7,9-12,14-15H2,1-3H3/t16-,18-/m1/s1. The molecule has 1 amide bonds. The van der Waals surface area contributed by atoms with Crippen molar-refractivity contribution in [1.29, 1.82) is 0 Å². The highest BCUT2D eigenvalue weighted by atomic mass is 16.5. The van der Waals surface area contributed by atoms with Gasteiger partial charge in [0, 0.05) is 43.2 Å². The maximum absolute atomic E-state index is 13.1. The highest BCUT2D eigenvalue weighted by molar-refractivity contribution is 5.86. The molecule has 2 aromatic rings. The number of nitrogens with zero attached hydrogens (tertiary/aromatic N) is 4. The van der Waals surface area contributed by atoms with Crippen molar-refractivity contribution in [3.8, 4) is 5.88 Å². The van der Waals surface area contributed by atoms with Gasteiger partial charge in [0.2, 0.25) is 11.8 Å². The molecular formula is C23H32N4O2. The molecule has 156 valence electrons. The largest absolute Gasteiger partial charge is 0.479 e. The Morgan fingerprint density at radius 2 is 2.03 bits per heavy atom. The zero-order valence-electron chi connectivity index (χ0n) is 17.8. The van der Waals surface area contributed by atoms with Gasteiger partial charge in [-0.15, -0.1) is 0 Å². The van der Waals surface area contributed by atoms with E-state index in [2.05, 4.69) is 39.8 Å². The number of ether oxygens (including phenoxy) is 1. The summed E-state index contributed by atoms with van der Waals surface area (Å²) < 4.78 is 5.40. The van der Waals surface area contributed by atoms with Gasteiger partial charge >= 0.3 is 0 Å². The predicted octanol–water partition coefficient (Wildman–Crippen LogP) is 3.32. The van der Waals surface area contributed by atoms with Crippen molar-refractivity contribution in [2.24, 2.45) is 11.8 Å². The monoisotopic (exact) mass is 396 g/mol. The highest BCUT2D eigenvalue weighted by Gasteiger charge is 2.31. The Labute approximate surface area is 173 Å². The van der Waals surface area contributed by atoms with Crippen LogP contribution in [0.5, 0.6) is 5.88 Å². The molecule has 2 aliphatic rings. The first-order valence-electron chi connectivity index (χ1n) is 10.8. The van der Waals surface area contributed by atoms with Crippen LogP contribution in [-0.4, -0.2) is 66.0 Å². The van der Waals surface area contributed by atoms with E-state index in [0.29, 0.717) is 30.0 Å². The second kappa shape index (κ2) is 8.66. The smallest absolute Gasteiger partial charge is 0.240 e. The lowest BCUT2D eigenvalue weighted by atomic mass is 9.84. The second-order valence-electron chi connectivity index (χ2n) is 8.91. The van der Waals surface area contributed by atoms with Crippen LogP contribution in [-0.2, 0) is 4.79 Å². The Bertz CT molecular complexity index is 863. The van der Waals surface area contributed by atoms with E-state index in [9.17, 15) is 4.79 Å². The number of likely N-dealkylation sites (tertiary alicyclic amines) is 2. The number of carbonyl (C=O) groups is 1. The Morgan fingerprint density at radius 1 is 1.24 bits per heavy atom. The third-order valence-electron chi connectivity index (χ3n) is 6.59. The molecular weight excluding hydrogens is 364 g/mol. The fraction of sp³-hybridized carbons (Fsp3) is 0.609. The van der Waals surface area contributed by atoms with E-state index in [1.54, 1.807) is 13.3 Å². The number of carbonyl (C=O) groups excluding carboxylic acids is 1. The lowest BCUT2D eigenvalue weighted by Gasteiger charge is -2.38. The fourth-order valence-electron chi connectivity index (χ4n) is 4.96. The minimum absolute atomic E-state index is 0.283. The summed E-state index contributed by atoms with van der Waals surface area (Å²) in [5, 5.41) is 1.08. The molecule has 0 spiro atoms. The number of piperidine rings is 2. The summed E-state index contributed by atoms with van der Waals surface area (Å²) >= 11 is 0. The summed E-state index contributed by atoms with van der Waals surface area (Å²) in [7, 11) is 3.79. The van der Waals surface area contributed by atoms with Gasteiger partial charge in [0.1, 0.15) is 5.52 Å². The van der Waals surface area contributed by atoms with Gasteiger partial charge in [0.15, 0.2) is 0 Å². The highest BCUT2D eigenvalue weighted by Crippen LogP contribution is 2.36. The average Bonchev–Trinajstić information content (AvgIpc) is 2.74. The van der Waals surface area contributed by atoms with Crippen LogP contribution in [0.3, 0.4) is 0 Å². The molecule has 4 heterocycles. The van der Waals surface area contributed by atoms with E-state index in [1.807, 2.05) is 12.3 Å². The molecule has 2 fully saturated rings. The van der Waals surface area contributed by atoms with Gasteiger partial charge in [-0.05, 0) is 62.9 Å². The van der Waals surface area contributed by atoms with Gasteiger partial charge in [-0.1, -0.05) is 13.0 Å². The van der Waals surface area contributed by atoms with E-state index < -0.39 is 0 Å². The summed E-state index contributed by atoms with van der Waals surface area (Å²) in [5.74, 6) is 2.17. The molecule has 0 N–H and O–H groups in total. The number of pyridine rings is 2. The number of amides is 1. The van der Waals surface area contributed by atoms with Crippen molar-refractivity contribution in [2.75, 3.05) is 40.3 Å². The van der Waals surface area contributed by atoms with Crippen molar-refractivity contribution in [3.05, 3.63) is 30.1 Å². The first-order chi connectivity index (χ1) is 14.0. The van der Waals surface area contributed by atoms with Gasteiger partial charge in [0.05, 0.1) is 7.11 Å². The first-order valence-corrected chi connectivity index (χ1v) is 10.8. The average molecular weight is 397 g/mol. The van der Waals surface area contributed by atoms with Crippen molar-refractivity contribution < 1.29 is 9.53 Å². The quantitative estimate of drug-likeness (QED) is 0.793. The minimum atomic E-state index is 0.283. The van der Waals surface area contributed by atoms with Crippen LogP contribution in [0, 0.1) is 11.8 Å². The lowest BCUT2D eigenvalue weighted by Crippen LogP contribution is -2.43. The third kappa shape index (κ3) is 4.37. The molecule has 2 aromatic heterocycles. The van der Waals surface area contributed by atoms with E-state index in [0.717, 1.165) is 56.3 Å². The van der Waals surface area contributed by atoms with E-state index in [4.69, 9.17) is 4.74 Å². The molecule has 0 bridgehead atoms. The molecule has 29 heavy (non-hydrogen) atoms. The Balaban J connectivity index is 1.52. The van der Waals surface area contributed by atoms with Crippen LogP contribution >= 0.6 is 0 Å². The van der Waals surface area contributed by atoms with Crippen molar-refractivity contribution in [2.45, 2.75) is 38.5 Å². The first kappa shape index (κ1) is 20.1. The zero-order chi connectivity index (χ0) is 20.4. The Hall–Kier alpha value is -2.21. The summed E-state index contributed by atoms with van der Waals surface area (Å²) in [6.07, 6.45) is 7.72. The van der Waals surface area contributed by atoms with Crippen LogP contribution < -0.4 is 4.74 Å². The van der Waals surface area contributed by atoms with E-state index >= 15 is 0 Å².